The molecule has 1 aliphatic heterocycles. The van der Waals surface area contributed by atoms with Gasteiger partial charge in [-0.15, -0.1) is 0 Å². The normalized spacial score (nSPS) is 34.6. The Morgan fingerprint density at radius 1 is 1.42 bits per heavy atom. The first-order chi connectivity index (χ1) is 9.20. The number of carbonyl (C=O) groups excluding carboxylic acids is 1. The van der Waals surface area contributed by atoms with Gasteiger partial charge in [-0.25, -0.2) is 0 Å². The highest BCUT2D eigenvalue weighted by molar-refractivity contribution is 7.99. The molecule has 2 rings (SSSR count). The Labute approximate surface area is 121 Å². The average Bonchev–Trinajstić information content (AvgIpc) is 3.01. The molecule has 2 N–H and O–H groups in total. The van der Waals surface area contributed by atoms with Gasteiger partial charge in [0, 0.05) is 17.8 Å². The molecule has 0 aromatic heterocycles. The van der Waals surface area contributed by atoms with Gasteiger partial charge in [-0.1, -0.05) is 20.3 Å². The lowest BCUT2D eigenvalue weighted by molar-refractivity contribution is -0.131. The maximum atomic E-state index is 12.6. The summed E-state index contributed by atoms with van der Waals surface area (Å²) in [4.78, 5) is 12.6. The highest BCUT2D eigenvalue weighted by Gasteiger charge is 2.41. The number of nitrogens with one attached hydrogen (secondary N) is 2. The molecule has 0 aromatic rings. The van der Waals surface area contributed by atoms with Crippen molar-refractivity contribution in [3.63, 3.8) is 0 Å². The molecule has 4 heteroatoms. The van der Waals surface area contributed by atoms with Crippen molar-refractivity contribution in [1.82, 2.24) is 10.6 Å². The van der Waals surface area contributed by atoms with E-state index in [-0.39, 0.29) is 5.41 Å². The van der Waals surface area contributed by atoms with E-state index in [2.05, 4.69) is 24.5 Å². The maximum Gasteiger partial charge on any atom is 0.227 e. The average molecular weight is 284 g/mol. The first-order valence-electron chi connectivity index (χ1n) is 7.83. The molecule has 1 saturated heterocycles. The van der Waals surface area contributed by atoms with Gasteiger partial charge in [0.05, 0.1) is 5.41 Å². The molecule has 3 nitrogen and oxygen atoms in total. The second-order valence-corrected chi connectivity index (χ2v) is 7.60. The fourth-order valence-electron chi connectivity index (χ4n) is 3.54. The van der Waals surface area contributed by atoms with Crippen molar-refractivity contribution in [2.75, 3.05) is 18.8 Å². The zero-order chi connectivity index (χ0) is 13.7. The third-order valence-corrected chi connectivity index (χ3v) is 5.81. The summed E-state index contributed by atoms with van der Waals surface area (Å²) in [6, 6.07) is 0.422. The highest BCUT2D eigenvalue weighted by Crippen LogP contribution is 2.34. The Balaban J connectivity index is 1.86. The summed E-state index contributed by atoms with van der Waals surface area (Å²) >= 11 is 2.05. The Hall–Kier alpha value is -0.220. The van der Waals surface area contributed by atoms with Crippen LogP contribution in [0.5, 0.6) is 0 Å². The number of thioether (sulfide) groups is 1. The molecule has 1 saturated carbocycles. The van der Waals surface area contributed by atoms with Gasteiger partial charge in [-0.3, -0.25) is 4.79 Å². The van der Waals surface area contributed by atoms with Gasteiger partial charge in [-0.05, 0) is 44.4 Å². The minimum atomic E-state index is -0.120. The van der Waals surface area contributed by atoms with Gasteiger partial charge < -0.3 is 10.6 Å². The molecule has 19 heavy (non-hydrogen) atoms. The Bertz CT molecular complexity index is 303. The van der Waals surface area contributed by atoms with Gasteiger partial charge in [0.1, 0.15) is 0 Å². The van der Waals surface area contributed by atoms with Crippen molar-refractivity contribution in [1.29, 1.82) is 0 Å². The second kappa shape index (κ2) is 6.98. The zero-order valence-electron chi connectivity index (χ0n) is 12.3. The predicted molar refractivity (Wildman–Crippen MR) is 82.5 cm³/mol. The van der Waals surface area contributed by atoms with Crippen molar-refractivity contribution in [3.05, 3.63) is 0 Å². The summed E-state index contributed by atoms with van der Waals surface area (Å²) in [6.45, 7) is 6.26. The lowest BCUT2D eigenvalue weighted by Crippen LogP contribution is -2.46. The van der Waals surface area contributed by atoms with E-state index >= 15 is 0 Å². The van der Waals surface area contributed by atoms with Crippen LogP contribution in [0.3, 0.4) is 0 Å². The van der Waals surface area contributed by atoms with Crippen molar-refractivity contribution in [3.8, 4) is 0 Å². The van der Waals surface area contributed by atoms with E-state index < -0.39 is 0 Å². The van der Waals surface area contributed by atoms with E-state index in [0.29, 0.717) is 11.9 Å². The van der Waals surface area contributed by atoms with Crippen molar-refractivity contribution >= 4 is 17.7 Å². The van der Waals surface area contributed by atoms with E-state index in [1.807, 2.05) is 11.8 Å². The molecule has 3 atom stereocenters. The predicted octanol–water partition coefficient (Wildman–Crippen LogP) is 2.56. The third kappa shape index (κ3) is 3.66. The molecule has 2 aliphatic rings. The van der Waals surface area contributed by atoms with Crippen LogP contribution < -0.4 is 10.6 Å². The van der Waals surface area contributed by atoms with Crippen LogP contribution in [0.4, 0.5) is 0 Å². The fourth-order valence-corrected chi connectivity index (χ4v) is 4.68. The molecule has 1 amide bonds. The summed E-state index contributed by atoms with van der Waals surface area (Å²) in [5.41, 5.74) is -0.120. The molecule has 1 heterocycles. The van der Waals surface area contributed by atoms with E-state index in [9.17, 15) is 4.79 Å². The second-order valence-electron chi connectivity index (χ2n) is 6.02. The molecule has 0 bridgehead atoms. The molecular formula is C15H28N2OS. The van der Waals surface area contributed by atoms with Crippen LogP contribution in [0.15, 0.2) is 0 Å². The van der Waals surface area contributed by atoms with Gasteiger partial charge in [0.2, 0.25) is 5.91 Å². The Morgan fingerprint density at radius 3 is 2.89 bits per heavy atom. The summed E-state index contributed by atoms with van der Waals surface area (Å²) in [5, 5.41) is 7.47. The van der Waals surface area contributed by atoms with Crippen molar-refractivity contribution < 1.29 is 4.79 Å². The van der Waals surface area contributed by atoms with Crippen LogP contribution in [-0.4, -0.2) is 36.0 Å². The minimum absolute atomic E-state index is 0.120. The molecule has 1 aliphatic carbocycles. The zero-order valence-corrected chi connectivity index (χ0v) is 13.2. The topological polar surface area (TPSA) is 41.1 Å². The van der Waals surface area contributed by atoms with Crippen LogP contribution in [0, 0.1) is 5.41 Å². The quantitative estimate of drug-likeness (QED) is 0.787. The molecule has 3 unspecified atom stereocenters. The number of carbonyl (C=O) groups is 1. The van der Waals surface area contributed by atoms with Gasteiger partial charge >= 0.3 is 0 Å². The molecule has 0 aromatic carbocycles. The molecule has 2 fully saturated rings. The van der Waals surface area contributed by atoms with Crippen LogP contribution in [0.1, 0.15) is 52.4 Å². The van der Waals surface area contributed by atoms with E-state index in [0.717, 1.165) is 37.6 Å². The molecular weight excluding hydrogens is 256 g/mol. The van der Waals surface area contributed by atoms with Gasteiger partial charge in [0.15, 0.2) is 0 Å². The monoisotopic (exact) mass is 284 g/mol. The van der Waals surface area contributed by atoms with Crippen molar-refractivity contribution in [2.24, 2.45) is 5.41 Å². The lowest BCUT2D eigenvalue weighted by atomic mass is 9.81. The standard InChI is InChI=1S/C15H28N2OS/c1-3-7-15(8-9-16-11-15)14(18)17-12-5-6-13(10-12)19-4-2/h12-13,16H,3-11H2,1-2H3,(H,17,18). The fraction of sp³-hybridized carbons (Fsp3) is 0.933. The summed E-state index contributed by atoms with van der Waals surface area (Å²) in [6.07, 6.45) is 6.72. The molecule has 110 valence electrons. The Kier molecular flexibility index (Phi) is 5.58. The van der Waals surface area contributed by atoms with Gasteiger partial charge in [-0.2, -0.15) is 11.8 Å². The largest absolute Gasteiger partial charge is 0.353 e. The first kappa shape index (κ1) is 15.2. The Morgan fingerprint density at radius 2 is 2.26 bits per heavy atom. The highest BCUT2D eigenvalue weighted by atomic mass is 32.2. The summed E-state index contributed by atoms with van der Waals surface area (Å²) in [5.74, 6) is 1.50. The molecule has 0 spiro atoms. The van der Waals surface area contributed by atoms with Gasteiger partial charge in [0.25, 0.3) is 0 Å². The van der Waals surface area contributed by atoms with E-state index in [1.54, 1.807) is 0 Å². The smallest absolute Gasteiger partial charge is 0.227 e. The first-order valence-corrected chi connectivity index (χ1v) is 8.88. The molecule has 0 radical (unpaired) electrons. The summed E-state index contributed by atoms with van der Waals surface area (Å²) < 4.78 is 0. The van der Waals surface area contributed by atoms with Crippen molar-refractivity contribution in [2.45, 2.75) is 63.7 Å². The third-order valence-electron chi connectivity index (χ3n) is 4.58. The SMILES string of the molecule is CCCC1(C(=O)NC2CCC(SCC)C2)CCNC1. The van der Waals surface area contributed by atoms with Crippen LogP contribution in [0.25, 0.3) is 0 Å². The minimum Gasteiger partial charge on any atom is -0.353 e. The van der Waals surface area contributed by atoms with E-state index in [4.69, 9.17) is 0 Å². The van der Waals surface area contributed by atoms with Crippen LogP contribution >= 0.6 is 11.8 Å². The lowest BCUT2D eigenvalue weighted by Gasteiger charge is -2.28. The van der Waals surface area contributed by atoms with Crippen LogP contribution in [0.2, 0.25) is 0 Å². The van der Waals surface area contributed by atoms with E-state index in [1.165, 1.54) is 25.0 Å². The number of hydrogen-bond donors (Lipinski definition) is 2. The maximum absolute atomic E-state index is 12.6. The number of rotatable bonds is 6. The number of hydrogen-bond acceptors (Lipinski definition) is 3. The summed E-state index contributed by atoms with van der Waals surface area (Å²) in [7, 11) is 0. The number of amides is 1. The van der Waals surface area contributed by atoms with Crippen LogP contribution in [-0.2, 0) is 4.79 Å².